The molecule has 0 aromatic heterocycles. The average Bonchev–Trinajstić information content (AvgIpc) is 2.53. The highest BCUT2D eigenvalue weighted by atomic mass is 16.5. The number of hydrogen-bond acceptors (Lipinski definition) is 3. The molecule has 1 atom stereocenters. The van der Waals surface area contributed by atoms with Crippen LogP contribution in [0.5, 0.6) is 5.75 Å². The molecule has 0 saturated heterocycles. The number of aliphatic carboxylic acids is 1. The van der Waals surface area contributed by atoms with Crippen LogP contribution in [0.1, 0.15) is 31.7 Å². The van der Waals surface area contributed by atoms with Gasteiger partial charge in [0.15, 0.2) is 6.10 Å². The summed E-state index contributed by atoms with van der Waals surface area (Å²) in [6.07, 6.45) is 1.76. The first-order valence-electron chi connectivity index (χ1n) is 7.81. The Labute approximate surface area is 135 Å². The van der Waals surface area contributed by atoms with Gasteiger partial charge in [0.2, 0.25) is 0 Å². The molecular weight excluding hydrogens is 292 g/mol. The van der Waals surface area contributed by atoms with Gasteiger partial charge in [0.25, 0.3) is 0 Å². The second-order valence-corrected chi connectivity index (χ2v) is 6.06. The summed E-state index contributed by atoms with van der Waals surface area (Å²) < 4.78 is 5.54. The quantitative estimate of drug-likeness (QED) is 0.885. The van der Waals surface area contributed by atoms with Crippen LogP contribution in [-0.2, 0) is 10.4 Å². The number of para-hydroxylation sites is 1. The topological polar surface area (TPSA) is 66.8 Å². The van der Waals surface area contributed by atoms with Crippen LogP contribution in [0.4, 0.5) is 0 Å². The van der Waals surface area contributed by atoms with E-state index in [2.05, 4.69) is 0 Å². The SMILES string of the molecule is CC(Oc1ccccc1-c1ccc(C2(O)CCC2)cc1)C(=O)O. The number of benzene rings is 2. The predicted molar refractivity (Wildman–Crippen MR) is 87.4 cm³/mol. The molecule has 2 N–H and O–H groups in total. The normalized spacial score (nSPS) is 17.1. The van der Waals surface area contributed by atoms with E-state index in [1.54, 1.807) is 6.07 Å². The van der Waals surface area contributed by atoms with Gasteiger partial charge in [0.05, 0.1) is 5.60 Å². The predicted octanol–water partition coefficient (Wildman–Crippen LogP) is 3.58. The van der Waals surface area contributed by atoms with Gasteiger partial charge in [-0.2, -0.15) is 0 Å². The van der Waals surface area contributed by atoms with Crippen LogP contribution in [0.3, 0.4) is 0 Å². The minimum absolute atomic E-state index is 0.539. The van der Waals surface area contributed by atoms with Crippen molar-refractivity contribution in [2.75, 3.05) is 0 Å². The van der Waals surface area contributed by atoms with Gasteiger partial charge in [-0.15, -0.1) is 0 Å². The number of carboxylic acid groups (broad SMARTS) is 1. The van der Waals surface area contributed by atoms with Crippen molar-refractivity contribution in [3.63, 3.8) is 0 Å². The first-order chi connectivity index (χ1) is 11.0. The molecule has 23 heavy (non-hydrogen) atoms. The minimum atomic E-state index is -0.998. The van der Waals surface area contributed by atoms with E-state index < -0.39 is 17.7 Å². The molecule has 1 aliphatic rings. The third-order valence-electron chi connectivity index (χ3n) is 4.45. The number of carboxylic acids is 1. The van der Waals surface area contributed by atoms with Crippen LogP contribution < -0.4 is 4.74 Å². The molecule has 3 rings (SSSR count). The van der Waals surface area contributed by atoms with Crippen molar-refractivity contribution in [3.05, 3.63) is 54.1 Å². The Morgan fingerprint density at radius 3 is 2.35 bits per heavy atom. The van der Waals surface area contributed by atoms with E-state index in [1.807, 2.05) is 42.5 Å². The largest absolute Gasteiger partial charge is 0.479 e. The lowest BCUT2D eigenvalue weighted by molar-refractivity contribution is -0.144. The van der Waals surface area contributed by atoms with Crippen molar-refractivity contribution in [1.29, 1.82) is 0 Å². The second-order valence-electron chi connectivity index (χ2n) is 6.06. The Bertz CT molecular complexity index is 702. The number of hydrogen-bond donors (Lipinski definition) is 2. The van der Waals surface area contributed by atoms with Gasteiger partial charge in [-0.3, -0.25) is 0 Å². The highest BCUT2D eigenvalue weighted by molar-refractivity contribution is 5.74. The van der Waals surface area contributed by atoms with Gasteiger partial charge in [0.1, 0.15) is 5.75 Å². The van der Waals surface area contributed by atoms with Crippen LogP contribution in [-0.4, -0.2) is 22.3 Å². The van der Waals surface area contributed by atoms with E-state index in [0.717, 1.165) is 36.0 Å². The second kappa shape index (κ2) is 6.05. The van der Waals surface area contributed by atoms with E-state index in [0.29, 0.717) is 5.75 Å². The maximum absolute atomic E-state index is 11.0. The summed E-state index contributed by atoms with van der Waals surface area (Å²) in [6.45, 7) is 1.51. The Hall–Kier alpha value is -2.33. The minimum Gasteiger partial charge on any atom is -0.479 e. The molecule has 2 aromatic rings. The molecule has 1 aliphatic carbocycles. The molecule has 0 spiro atoms. The van der Waals surface area contributed by atoms with E-state index >= 15 is 0 Å². The van der Waals surface area contributed by atoms with E-state index in [9.17, 15) is 9.90 Å². The number of carbonyl (C=O) groups is 1. The van der Waals surface area contributed by atoms with E-state index in [-0.39, 0.29) is 0 Å². The van der Waals surface area contributed by atoms with Gasteiger partial charge in [-0.05, 0) is 43.4 Å². The van der Waals surface area contributed by atoms with Gasteiger partial charge in [-0.25, -0.2) is 4.79 Å². The van der Waals surface area contributed by atoms with Crippen LogP contribution in [0.2, 0.25) is 0 Å². The maximum atomic E-state index is 11.0. The van der Waals surface area contributed by atoms with Crippen molar-refractivity contribution >= 4 is 5.97 Å². The molecule has 0 heterocycles. The van der Waals surface area contributed by atoms with Gasteiger partial charge < -0.3 is 14.9 Å². The van der Waals surface area contributed by atoms with Crippen LogP contribution in [0.15, 0.2) is 48.5 Å². The fourth-order valence-electron chi connectivity index (χ4n) is 2.81. The molecule has 1 unspecified atom stereocenters. The summed E-state index contributed by atoms with van der Waals surface area (Å²) in [6, 6.07) is 15.1. The summed E-state index contributed by atoms with van der Waals surface area (Å²) >= 11 is 0. The van der Waals surface area contributed by atoms with Crippen LogP contribution >= 0.6 is 0 Å². The fraction of sp³-hybridized carbons (Fsp3) is 0.316. The van der Waals surface area contributed by atoms with Gasteiger partial charge >= 0.3 is 5.97 Å². The molecule has 4 heteroatoms. The van der Waals surface area contributed by atoms with Crippen molar-refractivity contribution in [2.45, 2.75) is 37.9 Å². The van der Waals surface area contributed by atoms with E-state index in [4.69, 9.17) is 9.84 Å². The number of rotatable bonds is 5. The third kappa shape index (κ3) is 3.08. The van der Waals surface area contributed by atoms with E-state index in [1.165, 1.54) is 6.92 Å². The number of aliphatic hydroxyl groups is 1. The lowest BCUT2D eigenvalue weighted by Gasteiger charge is -2.37. The number of ether oxygens (including phenoxy) is 1. The van der Waals surface area contributed by atoms with Crippen molar-refractivity contribution in [2.24, 2.45) is 0 Å². The summed E-state index contributed by atoms with van der Waals surface area (Å²) in [7, 11) is 0. The lowest BCUT2D eigenvalue weighted by Crippen LogP contribution is -2.33. The highest BCUT2D eigenvalue weighted by Crippen LogP contribution is 2.41. The molecule has 1 fully saturated rings. The van der Waals surface area contributed by atoms with Crippen molar-refractivity contribution in [3.8, 4) is 16.9 Å². The maximum Gasteiger partial charge on any atom is 0.344 e. The standard InChI is InChI=1S/C19H20O4/c1-13(18(20)21)23-17-6-3-2-5-16(17)14-7-9-15(10-8-14)19(22)11-4-12-19/h2-3,5-10,13,22H,4,11-12H2,1H3,(H,20,21). The summed E-state index contributed by atoms with van der Waals surface area (Å²) in [5, 5.41) is 19.4. The third-order valence-corrected chi connectivity index (χ3v) is 4.45. The Kier molecular flexibility index (Phi) is 4.09. The Morgan fingerprint density at radius 2 is 1.78 bits per heavy atom. The monoisotopic (exact) mass is 312 g/mol. The summed E-state index contributed by atoms with van der Waals surface area (Å²) in [4.78, 5) is 11.0. The van der Waals surface area contributed by atoms with Gasteiger partial charge in [-0.1, -0.05) is 42.5 Å². The Balaban J connectivity index is 1.88. The molecule has 0 radical (unpaired) electrons. The Morgan fingerprint density at radius 1 is 1.13 bits per heavy atom. The first-order valence-corrected chi connectivity index (χ1v) is 7.81. The summed E-state index contributed by atoms with van der Waals surface area (Å²) in [5.41, 5.74) is 2.04. The van der Waals surface area contributed by atoms with Gasteiger partial charge in [0, 0.05) is 5.56 Å². The lowest BCUT2D eigenvalue weighted by atomic mass is 9.75. The molecule has 0 bridgehead atoms. The molecule has 1 saturated carbocycles. The van der Waals surface area contributed by atoms with Crippen molar-refractivity contribution in [1.82, 2.24) is 0 Å². The smallest absolute Gasteiger partial charge is 0.344 e. The fourth-order valence-corrected chi connectivity index (χ4v) is 2.81. The average molecular weight is 312 g/mol. The molecule has 0 amide bonds. The van der Waals surface area contributed by atoms with Crippen molar-refractivity contribution < 1.29 is 19.7 Å². The molecule has 4 nitrogen and oxygen atoms in total. The zero-order valence-electron chi connectivity index (χ0n) is 13.0. The first kappa shape index (κ1) is 15.6. The van der Waals surface area contributed by atoms with Crippen LogP contribution in [0.25, 0.3) is 11.1 Å². The summed E-state index contributed by atoms with van der Waals surface area (Å²) in [5.74, 6) is -0.458. The zero-order valence-corrected chi connectivity index (χ0v) is 13.0. The molecule has 120 valence electrons. The highest BCUT2D eigenvalue weighted by Gasteiger charge is 2.35. The molecular formula is C19H20O4. The zero-order chi connectivity index (χ0) is 16.4. The van der Waals surface area contributed by atoms with Crippen LogP contribution in [0, 0.1) is 0 Å². The molecule has 0 aliphatic heterocycles. The molecule has 2 aromatic carbocycles.